The molecule has 8 nitrogen and oxygen atoms in total. The number of nitrogens with zero attached hydrogens (tertiary/aromatic N) is 3. The Morgan fingerprint density at radius 3 is 2.42 bits per heavy atom. The van der Waals surface area contributed by atoms with Crippen molar-refractivity contribution in [1.29, 1.82) is 0 Å². The minimum Gasteiger partial charge on any atom is -0.493 e. The lowest BCUT2D eigenvalue weighted by Gasteiger charge is -2.29. The monoisotopic (exact) mass is 471 g/mol. The van der Waals surface area contributed by atoms with Crippen LogP contribution in [0.15, 0.2) is 30.3 Å². The predicted molar refractivity (Wildman–Crippen MR) is 129 cm³/mol. The Bertz CT molecular complexity index is 1100. The third-order valence-corrected chi connectivity index (χ3v) is 6.71. The number of aryl methyl sites for hydroxylation is 1. The average molecular weight is 472 g/mol. The first-order valence-electron chi connectivity index (χ1n) is 10.8. The summed E-state index contributed by atoms with van der Waals surface area (Å²) in [6.07, 6.45) is 0. The summed E-state index contributed by atoms with van der Waals surface area (Å²) in [6.45, 7) is 6.41. The fourth-order valence-electron chi connectivity index (χ4n) is 3.85. The molecule has 1 aliphatic heterocycles. The summed E-state index contributed by atoms with van der Waals surface area (Å²) >= 11 is 1.52. The number of morpholine rings is 1. The van der Waals surface area contributed by atoms with Gasteiger partial charge < -0.3 is 18.9 Å². The van der Waals surface area contributed by atoms with Gasteiger partial charge in [-0.05, 0) is 36.8 Å². The number of benzene rings is 2. The van der Waals surface area contributed by atoms with Gasteiger partial charge in [0.1, 0.15) is 0 Å². The highest BCUT2D eigenvalue weighted by molar-refractivity contribution is 7.22. The molecule has 1 amide bonds. The number of methoxy groups -OCH3 is 3. The van der Waals surface area contributed by atoms with Crippen molar-refractivity contribution in [1.82, 2.24) is 9.88 Å². The van der Waals surface area contributed by atoms with Crippen LogP contribution in [0.4, 0.5) is 5.13 Å². The molecule has 1 saturated heterocycles. The highest BCUT2D eigenvalue weighted by Crippen LogP contribution is 2.39. The lowest BCUT2D eigenvalue weighted by molar-refractivity contribution is 0.0391. The first kappa shape index (κ1) is 23.3. The number of hydrogen-bond acceptors (Lipinski definition) is 8. The number of thiazole rings is 1. The van der Waals surface area contributed by atoms with Crippen LogP contribution in [0.5, 0.6) is 17.2 Å². The number of ether oxygens (including phenoxy) is 4. The first-order valence-corrected chi connectivity index (χ1v) is 11.6. The zero-order chi connectivity index (χ0) is 23.4. The van der Waals surface area contributed by atoms with Crippen LogP contribution in [-0.2, 0) is 4.74 Å². The standard InChI is InChI=1S/C24H29N3O5S/c1-16-5-6-18-21(13-16)33-24(25-18)27(8-7-26-9-11-32-12-10-26)23(28)17-14-19(29-2)22(31-4)20(15-17)30-3/h5-6,13-15H,7-12H2,1-4H3. The molecule has 4 rings (SSSR count). The molecule has 0 atom stereocenters. The highest BCUT2D eigenvalue weighted by Gasteiger charge is 2.25. The van der Waals surface area contributed by atoms with E-state index in [4.69, 9.17) is 23.9 Å². The maximum atomic E-state index is 13.8. The lowest BCUT2D eigenvalue weighted by Crippen LogP contribution is -2.43. The summed E-state index contributed by atoms with van der Waals surface area (Å²) in [7, 11) is 4.62. The van der Waals surface area contributed by atoms with Gasteiger partial charge in [0, 0.05) is 31.7 Å². The third-order valence-electron chi connectivity index (χ3n) is 5.66. The Hall–Kier alpha value is -2.88. The van der Waals surface area contributed by atoms with Gasteiger partial charge in [0.05, 0.1) is 44.8 Å². The Labute approximate surface area is 197 Å². The van der Waals surface area contributed by atoms with E-state index < -0.39 is 0 Å². The maximum Gasteiger partial charge on any atom is 0.260 e. The molecule has 1 aromatic heterocycles. The molecular weight excluding hydrogens is 442 g/mol. The Kier molecular flexibility index (Phi) is 7.32. The molecule has 176 valence electrons. The molecule has 0 spiro atoms. The quantitative estimate of drug-likeness (QED) is 0.497. The molecule has 3 aromatic rings. The summed E-state index contributed by atoms with van der Waals surface area (Å²) in [6, 6.07) is 9.49. The SMILES string of the molecule is COc1cc(C(=O)N(CCN2CCOCC2)c2nc3ccc(C)cc3s2)cc(OC)c1OC. The number of fused-ring (bicyclic) bond motifs is 1. The average Bonchev–Trinajstić information content (AvgIpc) is 3.26. The predicted octanol–water partition coefficient (Wildman–Crippen LogP) is 3.61. The smallest absolute Gasteiger partial charge is 0.260 e. The number of carbonyl (C=O) groups excluding carboxylic acids is 1. The van der Waals surface area contributed by atoms with E-state index in [1.54, 1.807) is 24.1 Å². The lowest BCUT2D eigenvalue weighted by atomic mass is 10.1. The minimum atomic E-state index is -0.168. The van der Waals surface area contributed by atoms with Crippen molar-refractivity contribution in [3.05, 3.63) is 41.5 Å². The number of anilines is 1. The van der Waals surface area contributed by atoms with Gasteiger partial charge in [0.2, 0.25) is 5.75 Å². The Balaban J connectivity index is 1.70. The largest absolute Gasteiger partial charge is 0.493 e. The summed E-state index contributed by atoms with van der Waals surface area (Å²) < 4.78 is 22.8. The van der Waals surface area contributed by atoms with Crippen LogP contribution in [0.3, 0.4) is 0 Å². The molecule has 0 radical (unpaired) electrons. The van der Waals surface area contributed by atoms with Crippen LogP contribution in [0.1, 0.15) is 15.9 Å². The van der Waals surface area contributed by atoms with Crippen molar-refractivity contribution in [2.75, 3.05) is 65.6 Å². The van der Waals surface area contributed by atoms with Gasteiger partial charge in [-0.2, -0.15) is 0 Å². The Morgan fingerprint density at radius 1 is 1.09 bits per heavy atom. The van der Waals surface area contributed by atoms with Crippen LogP contribution in [0, 0.1) is 6.92 Å². The zero-order valence-corrected chi connectivity index (χ0v) is 20.2. The van der Waals surface area contributed by atoms with Crippen molar-refractivity contribution in [3.63, 3.8) is 0 Å². The van der Waals surface area contributed by atoms with Crippen LogP contribution in [0.25, 0.3) is 10.2 Å². The molecular formula is C24H29N3O5S. The zero-order valence-electron chi connectivity index (χ0n) is 19.4. The van der Waals surface area contributed by atoms with Gasteiger partial charge in [0.25, 0.3) is 5.91 Å². The molecule has 1 fully saturated rings. The summed E-state index contributed by atoms with van der Waals surface area (Å²) in [4.78, 5) is 22.6. The van der Waals surface area contributed by atoms with E-state index in [1.165, 1.54) is 25.6 Å². The normalized spacial score (nSPS) is 14.3. The molecule has 0 N–H and O–H groups in total. The molecule has 33 heavy (non-hydrogen) atoms. The van der Waals surface area contributed by atoms with Gasteiger partial charge in [-0.15, -0.1) is 0 Å². The minimum absolute atomic E-state index is 0.168. The van der Waals surface area contributed by atoms with Crippen molar-refractivity contribution >= 4 is 32.6 Å². The topological polar surface area (TPSA) is 73.4 Å². The highest BCUT2D eigenvalue weighted by atomic mass is 32.1. The van der Waals surface area contributed by atoms with Gasteiger partial charge in [0.15, 0.2) is 16.6 Å². The number of rotatable bonds is 8. The number of aromatic nitrogens is 1. The second-order valence-electron chi connectivity index (χ2n) is 7.79. The number of amides is 1. The molecule has 0 saturated carbocycles. The first-order chi connectivity index (χ1) is 16.0. The fraction of sp³-hybridized carbons (Fsp3) is 0.417. The van der Waals surface area contributed by atoms with Crippen LogP contribution in [-0.4, -0.2) is 76.5 Å². The fourth-order valence-corrected chi connectivity index (χ4v) is 4.93. The van der Waals surface area contributed by atoms with Gasteiger partial charge in [-0.1, -0.05) is 17.4 Å². The molecule has 0 unspecified atom stereocenters. The second kappa shape index (κ2) is 10.4. The van der Waals surface area contributed by atoms with Crippen LogP contribution >= 0.6 is 11.3 Å². The van der Waals surface area contributed by atoms with Gasteiger partial charge in [-0.3, -0.25) is 14.6 Å². The Morgan fingerprint density at radius 2 is 1.79 bits per heavy atom. The van der Waals surface area contributed by atoms with Crippen LogP contribution < -0.4 is 19.1 Å². The molecule has 2 aromatic carbocycles. The molecule has 0 aliphatic carbocycles. The van der Waals surface area contributed by atoms with E-state index in [-0.39, 0.29) is 5.91 Å². The van der Waals surface area contributed by atoms with Crippen molar-refractivity contribution in [3.8, 4) is 17.2 Å². The van der Waals surface area contributed by atoms with Gasteiger partial charge >= 0.3 is 0 Å². The summed E-state index contributed by atoms with van der Waals surface area (Å²) in [5.41, 5.74) is 2.49. The molecule has 0 bridgehead atoms. The molecule has 9 heteroatoms. The van der Waals surface area contributed by atoms with E-state index >= 15 is 0 Å². The molecule has 1 aliphatic rings. The van der Waals surface area contributed by atoms with E-state index in [2.05, 4.69) is 17.9 Å². The number of carbonyl (C=O) groups is 1. The van der Waals surface area contributed by atoms with Crippen molar-refractivity contribution < 1.29 is 23.7 Å². The van der Waals surface area contributed by atoms with E-state index in [9.17, 15) is 4.79 Å². The van der Waals surface area contributed by atoms with E-state index in [0.717, 1.165) is 35.4 Å². The molecule has 2 heterocycles. The van der Waals surface area contributed by atoms with Crippen molar-refractivity contribution in [2.24, 2.45) is 0 Å². The maximum absolute atomic E-state index is 13.8. The summed E-state index contributed by atoms with van der Waals surface area (Å²) in [5, 5.41) is 0.669. The third kappa shape index (κ3) is 5.05. The van der Waals surface area contributed by atoms with Crippen LogP contribution in [0.2, 0.25) is 0 Å². The van der Waals surface area contributed by atoms with E-state index in [1.807, 2.05) is 12.1 Å². The van der Waals surface area contributed by atoms with Gasteiger partial charge in [-0.25, -0.2) is 4.98 Å². The second-order valence-corrected chi connectivity index (χ2v) is 8.80. The summed E-state index contributed by atoms with van der Waals surface area (Å²) in [5.74, 6) is 1.16. The van der Waals surface area contributed by atoms with E-state index in [0.29, 0.717) is 47.7 Å². The number of hydrogen-bond donors (Lipinski definition) is 0. The van der Waals surface area contributed by atoms with Crippen molar-refractivity contribution in [2.45, 2.75) is 6.92 Å².